The van der Waals surface area contributed by atoms with Crippen molar-refractivity contribution in [3.63, 3.8) is 0 Å². The zero-order chi connectivity index (χ0) is 14.2. The summed E-state index contributed by atoms with van der Waals surface area (Å²) in [5, 5.41) is 3.51. The van der Waals surface area contributed by atoms with E-state index in [1.54, 1.807) is 0 Å². The number of rotatable bonds is 3. The van der Waals surface area contributed by atoms with Gasteiger partial charge in [0.15, 0.2) is 0 Å². The van der Waals surface area contributed by atoms with E-state index in [2.05, 4.69) is 60.9 Å². The minimum absolute atomic E-state index is 0.331. The first kappa shape index (κ1) is 12.9. The van der Waals surface area contributed by atoms with Crippen molar-refractivity contribution in [3.05, 3.63) is 65.2 Å². The van der Waals surface area contributed by atoms with E-state index in [4.69, 9.17) is 4.74 Å². The van der Waals surface area contributed by atoms with Gasteiger partial charge < -0.3 is 10.1 Å². The molecule has 1 aliphatic heterocycles. The third-order valence-electron chi connectivity index (χ3n) is 4.93. The van der Waals surface area contributed by atoms with Gasteiger partial charge in [0.2, 0.25) is 0 Å². The molecule has 21 heavy (non-hydrogen) atoms. The molecule has 0 saturated heterocycles. The average molecular weight is 279 g/mol. The highest BCUT2D eigenvalue weighted by Crippen LogP contribution is 2.40. The second-order valence-electron chi connectivity index (χ2n) is 6.22. The molecule has 2 heteroatoms. The van der Waals surface area contributed by atoms with Gasteiger partial charge in [-0.2, -0.15) is 0 Å². The van der Waals surface area contributed by atoms with Crippen molar-refractivity contribution in [2.75, 3.05) is 7.05 Å². The summed E-state index contributed by atoms with van der Waals surface area (Å²) in [6.45, 7) is 0. The minimum Gasteiger partial charge on any atom is -0.490 e. The van der Waals surface area contributed by atoms with Crippen LogP contribution in [-0.4, -0.2) is 13.2 Å². The largest absolute Gasteiger partial charge is 0.490 e. The van der Waals surface area contributed by atoms with Crippen LogP contribution in [0, 0.1) is 5.92 Å². The summed E-state index contributed by atoms with van der Waals surface area (Å²) >= 11 is 0. The lowest BCUT2D eigenvalue weighted by atomic mass is 9.92. The molecule has 2 nitrogen and oxygen atoms in total. The van der Waals surface area contributed by atoms with Crippen LogP contribution >= 0.6 is 0 Å². The molecule has 2 aromatic carbocycles. The minimum atomic E-state index is 0.331. The van der Waals surface area contributed by atoms with Crippen molar-refractivity contribution in [3.8, 4) is 5.75 Å². The number of benzene rings is 2. The molecule has 0 fully saturated rings. The standard InChI is InChI=1S/C19H21NO/c1-20-19-15(10-13-6-2-4-8-17(13)19)12-16-11-14-7-3-5-9-18(14)21-16/h2-9,15-16,19-20H,10-12H2,1H3. The van der Waals surface area contributed by atoms with Crippen LogP contribution in [0.4, 0.5) is 0 Å². The molecule has 0 amide bonds. The molecule has 1 N–H and O–H groups in total. The second kappa shape index (κ2) is 5.19. The predicted molar refractivity (Wildman–Crippen MR) is 84.6 cm³/mol. The number of hydrogen-bond donors (Lipinski definition) is 1. The first-order valence-corrected chi connectivity index (χ1v) is 7.85. The molecule has 2 aromatic rings. The Morgan fingerprint density at radius 1 is 1.00 bits per heavy atom. The molecule has 3 atom stereocenters. The zero-order valence-electron chi connectivity index (χ0n) is 12.4. The average Bonchev–Trinajstić information content (AvgIpc) is 3.06. The van der Waals surface area contributed by atoms with E-state index in [0.29, 0.717) is 18.1 Å². The number of hydrogen-bond acceptors (Lipinski definition) is 2. The maximum Gasteiger partial charge on any atom is 0.123 e. The predicted octanol–water partition coefficient (Wildman–Crippen LogP) is 3.51. The van der Waals surface area contributed by atoms with Gasteiger partial charge in [-0.3, -0.25) is 0 Å². The summed E-state index contributed by atoms with van der Waals surface area (Å²) in [6.07, 6.45) is 3.67. The van der Waals surface area contributed by atoms with Crippen LogP contribution in [0.1, 0.15) is 29.2 Å². The fourth-order valence-electron chi connectivity index (χ4n) is 4.01. The fraction of sp³-hybridized carbons (Fsp3) is 0.368. The smallest absolute Gasteiger partial charge is 0.123 e. The zero-order valence-corrected chi connectivity index (χ0v) is 12.4. The Morgan fingerprint density at radius 3 is 2.57 bits per heavy atom. The van der Waals surface area contributed by atoms with Crippen molar-refractivity contribution in [1.29, 1.82) is 0 Å². The van der Waals surface area contributed by atoms with Crippen LogP contribution in [0.15, 0.2) is 48.5 Å². The Bertz CT molecular complexity index is 627. The van der Waals surface area contributed by atoms with E-state index in [0.717, 1.165) is 25.0 Å². The summed E-state index contributed by atoms with van der Waals surface area (Å²) in [6, 6.07) is 17.7. The van der Waals surface area contributed by atoms with E-state index < -0.39 is 0 Å². The maximum absolute atomic E-state index is 6.13. The molecule has 0 saturated carbocycles. The van der Waals surface area contributed by atoms with Gasteiger partial charge in [0.05, 0.1) is 0 Å². The highest BCUT2D eigenvalue weighted by molar-refractivity contribution is 5.38. The van der Waals surface area contributed by atoms with E-state index in [1.807, 2.05) is 0 Å². The molecule has 4 rings (SSSR count). The number of nitrogens with one attached hydrogen (secondary N) is 1. The lowest BCUT2D eigenvalue weighted by Gasteiger charge is -2.22. The number of ether oxygens (including phenoxy) is 1. The Labute approximate surface area is 126 Å². The Morgan fingerprint density at radius 2 is 1.76 bits per heavy atom. The van der Waals surface area contributed by atoms with E-state index in [-0.39, 0.29) is 0 Å². The van der Waals surface area contributed by atoms with Crippen molar-refractivity contribution in [1.82, 2.24) is 5.32 Å². The van der Waals surface area contributed by atoms with Gasteiger partial charge in [-0.25, -0.2) is 0 Å². The lowest BCUT2D eigenvalue weighted by Crippen LogP contribution is -2.26. The van der Waals surface area contributed by atoms with Crippen molar-refractivity contribution < 1.29 is 4.74 Å². The van der Waals surface area contributed by atoms with Crippen LogP contribution in [0.5, 0.6) is 5.75 Å². The highest BCUT2D eigenvalue weighted by Gasteiger charge is 2.34. The molecule has 108 valence electrons. The Hall–Kier alpha value is -1.80. The fourth-order valence-corrected chi connectivity index (χ4v) is 4.01. The molecule has 0 bridgehead atoms. The number of fused-ring (bicyclic) bond motifs is 2. The van der Waals surface area contributed by atoms with E-state index in [9.17, 15) is 0 Å². The first-order valence-electron chi connectivity index (χ1n) is 7.85. The quantitative estimate of drug-likeness (QED) is 0.928. The summed E-state index contributed by atoms with van der Waals surface area (Å²) in [5.41, 5.74) is 4.33. The summed E-state index contributed by atoms with van der Waals surface area (Å²) in [5.74, 6) is 1.71. The van der Waals surface area contributed by atoms with Crippen LogP contribution in [0.2, 0.25) is 0 Å². The second-order valence-corrected chi connectivity index (χ2v) is 6.22. The SMILES string of the molecule is CNC1c2ccccc2CC1CC1Cc2ccccc2O1. The molecular weight excluding hydrogens is 258 g/mol. The van der Waals surface area contributed by atoms with Gasteiger partial charge in [-0.05, 0) is 48.6 Å². The molecule has 1 aliphatic carbocycles. The van der Waals surface area contributed by atoms with Crippen LogP contribution in [0.25, 0.3) is 0 Å². The first-order chi connectivity index (χ1) is 10.3. The van der Waals surface area contributed by atoms with Gasteiger partial charge in [-0.1, -0.05) is 42.5 Å². The molecule has 1 heterocycles. The van der Waals surface area contributed by atoms with Gasteiger partial charge in [-0.15, -0.1) is 0 Å². The molecule has 3 unspecified atom stereocenters. The van der Waals surface area contributed by atoms with Gasteiger partial charge in [0.25, 0.3) is 0 Å². The van der Waals surface area contributed by atoms with Gasteiger partial charge >= 0.3 is 0 Å². The molecule has 0 aromatic heterocycles. The monoisotopic (exact) mass is 279 g/mol. The molecule has 0 spiro atoms. The summed E-state index contributed by atoms with van der Waals surface area (Å²) in [4.78, 5) is 0. The maximum atomic E-state index is 6.13. The normalized spacial score (nSPS) is 26.2. The third kappa shape index (κ3) is 2.24. The van der Waals surface area contributed by atoms with Crippen molar-refractivity contribution >= 4 is 0 Å². The Balaban J connectivity index is 1.50. The summed E-state index contributed by atoms with van der Waals surface area (Å²) in [7, 11) is 2.07. The molecule has 0 radical (unpaired) electrons. The van der Waals surface area contributed by atoms with Crippen molar-refractivity contribution in [2.45, 2.75) is 31.4 Å². The van der Waals surface area contributed by atoms with E-state index >= 15 is 0 Å². The molecular formula is C19H21NO. The lowest BCUT2D eigenvalue weighted by molar-refractivity contribution is 0.182. The van der Waals surface area contributed by atoms with Gasteiger partial charge in [0.1, 0.15) is 11.9 Å². The highest BCUT2D eigenvalue weighted by atomic mass is 16.5. The number of para-hydroxylation sites is 1. The topological polar surface area (TPSA) is 21.3 Å². The van der Waals surface area contributed by atoms with Crippen LogP contribution in [-0.2, 0) is 12.8 Å². The van der Waals surface area contributed by atoms with Gasteiger partial charge in [0, 0.05) is 12.5 Å². The van der Waals surface area contributed by atoms with Crippen LogP contribution < -0.4 is 10.1 Å². The third-order valence-corrected chi connectivity index (χ3v) is 4.93. The van der Waals surface area contributed by atoms with Crippen LogP contribution in [0.3, 0.4) is 0 Å². The summed E-state index contributed by atoms with van der Waals surface area (Å²) < 4.78 is 6.13. The van der Waals surface area contributed by atoms with E-state index in [1.165, 1.54) is 16.7 Å². The molecule has 2 aliphatic rings. The van der Waals surface area contributed by atoms with Crippen molar-refractivity contribution in [2.24, 2.45) is 5.92 Å². The Kier molecular flexibility index (Phi) is 3.19.